The molecule has 0 heterocycles. The number of carboxylic acids is 1. The molecule has 0 aliphatic carbocycles. The third-order valence-corrected chi connectivity index (χ3v) is 6.93. The Morgan fingerprint density at radius 1 is 0.634 bits per heavy atom. The molecule has 0 spiro atoms. The number of nitrogens with one attached hydrogen (secondary N) is 2. The molecular formula is C32H61N3O6. The van der Waals surface area contributed by atoms with Crippen molar-refractivity contribution in [2.75, 3.05) is 32.8 Å². The topological polar surface area (TPSA) is 126 Å². The Balaban J connectivity index is 3.30. The van der Waals surface area contributed by atoms with Crippen LogP contribution in [0.25, 0.3) is 0 Å². The van der Waals surface area contributed by atoms with Crippen molar-refractivity contribution in [1.29, 1.82) is 0 Å². The molecule has 0 bridgehead atoms. The molecule has 0 aliphatic rings. The van der Waals surface area contributed by atoms with Crippen molar-refractivity contribution in [2.45, 2.75) is 148 Å². The second-order valence-electron chi connectivity index (χ2n) is 10.9. The first-order valence-corrected chi connectivity index (χ1v) is 16.6. The zero-order valence-electron chi connectivity index (χ0n) is 26.1. The molecule has 0 saturated carbocycles. The van der Waals surface area contributed by atoms with Gasteiger partial charge < -0.3 is 19.9 Å². The van der Waals surface area contributed by atoms with Gasteiger partial charge in [0.25, 0.3) is 0 Å². The molecule has 41 heavy (non-hydrogen) atoms. The number of carbonyl (C=O) groups is 3. The summed E-state index contributed by atoms with van der Waals surface area (Å²) in [5.74, 6) is -0.767. The smallest absolute Gasteiger partial charge is 0.412 e. The number of aliphatic carboxylic acids is 1. The van der Waals surface area contributed by atoms with Crippen LogP contribution in [0.4, 0.5) is 4.79 Å². The van der Waals surface area contributed by atoms with Crippen LogP contribution in [0.5, 0.6) is 0 Å². The van der Waals surface area contributed by atoms with E-state index in [-0.39, 0.29) is 12.4 Å². The van der Waals surface area contributed by atoms with E-state index in [9.17, 15) is 14.4 Å². The lowest BCUT2D eigenvalue weighted by molar-refractivity contribution is -0.144. The number of esters is 1. The van der Waals surface area contributed by atoms with Crippen molar-refractivity contribution >= 4 is 24.4 Å². The van der Waals surface area contributed by atoms with Crippen molar-refractivity contribution in [3.05, 3.63) is 0 Å². The lowest BCUT2D eigenvalue weighted by Crippen LogP contribution is -2.23. The number of aliphatic imine (C=N–C) groups is 1. The van der Waals surface area contributed by atoms with Crippen LogP contribution >= 0.6 is 0 Å². The summed E-state index contributed by atoms with van der Waals surface area (Å²) in [6.45, 7) is 5.69. The Bertz CT molecular complexity index is 645. The molecular weight excluding hydrogens is 522 g/mol. The van der Waals surface area contributed by atoms with Crippen molar-refractivity contribution in [2.24, 2.45) is 4.99 Å². The summed E-state index contributed by atoms with van der Waals surface area (Å²) in [6, 6.07) is 0. The maximum absolute atomic E-state index is 11.8. The van der Waals surface area contributed by atoms with Crippen LogP contribution in [-0.4, -0.2) is 62.3 Å². The van der Waals surface area contributed by atoms with Crippen molar-refractivity contribution in [1.82, 2.24) is 10.6 Å². The Kier molecular flexibility index (Phi) is 30.7. The van der Waals surface area contributed by atoms with E-state index < -0.39 is 12.1 Å². The summed E-state index contributed by atoms with van der Waals surface area (Å²) in [6.07, 6.45) is 23.5. The maximum Gasteiger partial charge on any atom is 0.412 e. The number of amides is 1. The van der Waals surface area contributed by atoms with Crippen molar-refractivity contribution in [3.63, 3.8) is 0 Å². The van der Waals surface area contributed by atoms with E-state index in [1.807, 2.05) is 0 Å². The molecule has 3 N–H and O–H groups in total. The highest BCUT2D eigenvalue weighted by molar-refractivity contribution is 5.81. The van der Waals surface area contributed by atoms with E-state index in [1.165, 1.54) is 38.4 Å². The number of hydrogen-bond donors (Lipinski definition) is 3. The molecule has 0 atom stereocenters. The van der Waals surface area contributed by atoms with E-state index >= 15 is 0 Å². The lowest BCUT2D eigenvalue weighted by Gasteiger charge is -2.06. The van der Waals surface area contributed by atoms with Gasteiger partial charge in [-0.15, -0.1) is 0 Å². The molecule has 0 saturated heterocycles. The SMILES string of the molecule is CCCCCCCCCOC(=O)CCCCCCCCCOC(=O)NC=NCCCNCCCCCCCC(=O)O. The summed E-state index contributed by atoms with van der Waals surface area (Å²) in [7, 11) is 0. The highest BCUT2D eigenvalue weighted by Crippen LogP contribution is 2.10. The summed E-state index contributed by atoms with van der Waals surface area (Å²) < 4.78 is 10.5. The fourth-order valence-corrected chi connectivity index (χ4v) is 4.42. The Morgan fingerprint density at radius 3 is 1.78 bits per heavy atom. The predicted octanol–water partition coefficient (Wildman–Crippen LogP) is 7.56. The molecule has 9 heteroatoms. The molecule has 0 fully saturated rings. The van der Waals surface area contributed by atoms with E-state index in [0.29, 0.717) is 26.2 Å². The van der Waals surface area contributed by atoms with Gasteiger partial charge in [-0.3, -0.25) is 19.9 Å². The van der Waals surface area contributed by atoms with Gasteiger partial charge >= 0.3 is 18.0 Å². The third kappa shape index (κ3) is 33.9. The Labute approximate surface area is 250 Å². The second-order valence-corrected chi connectivity index (χ2v) is 10.9. The molecule has 240 valence electrons. The minimum Gasteiger partial charge on any atom is -0.481 e. The number of carboxylic acid groups (broad SMARTS) is 1. The quantitative estimate of drug-likeness (QED) is 0.0333. The van der Waals surface area contributed by atoms with Crippen molar-refractivity contribution < 1.29 is 29.0 Å². The highest BCUT2D eigenvalue weighted by Gasteiger charge is 2.03. The van der Waals surface area contributed by atoms with Gasteiger partial charge in [0.05, 0.1) is 19.6 Å². The van der Waals surface area contributed by atoms with E-state index in [0.717, 1.165) is 109 Å². The zero-order valence-corrected chi connectivity index (χ0v) is 26.1. The molecule has 0 radical (unpaired) electrons. The maximum atomic E-state index is 11.8. The normalized spacial score (nSPS) is 11.1. The number of unbranched alkanes of at least 4 members (excludes halogenated alkanes) is 16. The largest absolute Gasteiger partial charge is 0.481 e. The summed E-state index contributed by atoms with van der Waals surface area (Å²) in [4.78, 5) is 38.1. The Morgan fingerprint density at radius 2 is 1.15 bits per heavy atom. The fraction of sp³-hybridized carbons (Fsp3) is 0.875. The zero-order chi connectivity index (χ0) is 30.1. The van der Waals surface area contributed by atoms with Crippen LogP contribution in [0.3, 0.4) is 0 Å². The standard InChI is InChI=1S/C32H61N3O6/c1-2-3-4-5-8-14-19-27-40-31(38)23-17-12-7-6-9-15-20-28-41-32(39)35-29-34-26-21-25-33-24-18-13-10-11-16-22-30(36)37/h29,33H,2-28H2,1H3,(H,36,37)(H,34,35,39). The molecule has 1 amide bonds. The predicted molar refractivity (Wildman–Crippen MR) is 167 cm³/mol. The molecule has 0 aromatic carbocycles. The number of carbonyl (C=O) groups excluding carboxylic acids is 2. The first kappa shape index (κ1) is 38.8. The molecule has 9 nitrogen and oxygen atoms in total. The molecule has 0 aromatic heterocycles. The number of alkyl carbamates (subject to hydrolysis) is 1. The average Bonchev–Trinajstić information content (AvgIpc) is 2.95. The number of hydrogen-bond acceptors (Lipinski definition) is 7. The van der Waals surface area contributed by atoms with Crippen LogP contribution in [0.15, 0.2) is 4.99 Å². The van der Waals surface area contributed by atoms with Gasteiger partial charge in [0.2, 0.25) is 0 Å². The summed E-state index contributed by atoms with van der Waals surface area (Å²) >= 11 is 0. The van der Waals surface area contributed by atoms with Crippen molar-refractivity contribution in [3.8, 4) is 0 Å². The number of rotatable bonds is 31. The minimum absolute atomic E-state index is 0.0561. The molecule has 0 aromatic rings. The van der Waals surface area contributed by atoms with Gasteiger partial charge in [0.15, 0.2) is 0 Å². The van der Waals surface area contributed by atoms with Gasteiger partial charge in [-0.05, 0) is 51.6 Å². The monoisotopic (exact) mass is 583 g/mol. The van der Waals surface area contributed by atoms with Gasteiger partial charge in [-0.25, -0.2) is 4.79 Å². The summed E-state index contributed by atoms with van der Waals surface area (Å²) in [5, 5.41) is 14.5. The van der Waals surface area contributed by atoms with Crippen LogP contribution < -0.4 is 10.6 Å². The number of nitrogens with zero attached hydrogens (tertiary/aromatic N) is 1. The van der Waals surface area contributed by atoms with Crippen LogP contribution in [-0.2, 0) is 19.1 Å². The first-order chi connectivity index (χ1) is 20.1. The van der Waals surface area contributed by atoms with E-state index in [2.05, 4.69) is 22.5 Å². The van der Waals surface area contributed by atoms with E-state index in [4.69, 9.17) is 14.6 Å². The minimum atomic E-state index is -0.711. The first-order valence-electron chi connectivity index (χ1n) is 16.6. The summed E-state index contributed by atoms with van der Waals surface area (Å²) in [5.41, 5.74) is 0. The lowest BCUT2D eigenvalue weighted by atomic mass is 10.1. The van der Waals surface area contributed by atoms with Gasteiger partial charge in [-0.2, -0.15) is 0 Å². The Hall–Kier alpha value is -2.16. The van der Waals surface area contributed by atoms with Crippen LogP contribution in [0, 0.1) is 0 Å². The second kappa shape index (κ2) is 32.4. The molecule has 0 aliphatic heterocycles. The van der Waals surface area contributed by atoms with Crippen LogP contribution in [0.1, 0.15) is 148 Å². The molecule has 0 unspecified atom stereocenters. The van der Waals surface area contributed by atoms with E-state index in [1.54, 1.807) is 0 Å². The highest BCUT2D eigenvalue weighted by atomic mass is 16.5. The third-order valence-electron chi connectivity index (χ3n) is 6.93. The average molecular weight is 584 g/mol. The molecule has 0 rings (SSSR count). The van der Waals surface area contributed by atoms with Gasteiger partial charge in [0.1, 0.15) is 0 Å². The number of ether oxygens (including phenoxy) is 2. The van der Waals surface area contributed by atoms with Gasteiger partial charge in [-0.1, -0.05) is 96.8 Å². The van der Waals surface area contributed by atoms with Crippen LogP contribution in [0.2, 0.25) is 0 Å². The fourth-order valence-electron chi connectivity index (χ4n) is 4.42. The van der Waals surface area contributed by atoms with Gasteiger partial charge in [0, 0.05) is 19.4 Å².